The third-order valence-electron chi connectivity index (χ3n) is 2.31. The zero-order chi connectivity index (χ0) is 13.7. The molecular weight excluding hydrogens is 238 g/mol. The minimum Gasteiger partial charge on any atom is -0.404 e. The molecule has 0 aliphatic rings. The molecule has 0 spiro atoms. The third-order valence-corrected chi connectivity index (χ3v) is 2.31. The van der Waals surface area contributed by atoms with Gasteiger partial charge < -0.3 is 22.2 Å². The van der Waals surface area contributed by atoms with Crippen LogP contribution in [-0.4, -0.2) is 6.21 Å². The van der Waals surface area contributed by atoms with Gasteiger partial charge in [-0.1, -0.05) is 0 Å². The predicted octanol–water partition coefficient (Wildman–Crippen LogP) is 2.06. The van der Waals surface area contributed by atoms with Gasteiger partial charge in [-0.2, -0.15) is 0 Å². The van der Waals surface area contributed by atoms with E-state index < -0.39 is 11.6 Å². The van der Waals surface area contributed by atoms with Crippen molar-refractivity contribution in [2.45, 2.75) is 6.92 Å². The number of benzene rings is 1. The van der Waals surface area contributed by atoms with Crippen LogP contribution in [0.15, 0.2) is 41.4 Å². The maximum absolute atomic E-state index is 13.4. The average Bonchev–Trinajstić information content (AvgIpc) is 2.33. The standard InChI is InChI=1S/C12H14F2N4/c1-7(5-15)9(6-16)12(17)18-11-3-2-8(13)4-10(11)14/h2-6,16,18H,15,17H2,1H3/b7-5-,12-9+,16-6?. The van der Waals surface area contributed by atoms with E-state index >= 15 is 0 Å². The highest BCUT2D eigenvalue weighted by Gasteiger charge is 2.07. The van der Waals surface area contributed by atoms with Gasteiger partial charge in [0.2, 0.25) is 0 Å². The molecule has 0 aromatic heterocycles. The van der Waals surface area contributed by atoms with Crippen LogP contribution in [-0.2, 0) is 0 Å². The summed E-state index contributed by atoms with van der Waals surface area (Å²) in [4.78, 5) is 0. The van der Waals surface area contributed by atoms with Crippen molar-refractivity contribution in [2.24, 2.45) is 11.5 Å². The largest absolute Gasteiger partial charge is 0.404 e. The van der Waals surface area contributed by atoms with E-state index in [0.717, 1.165) is 18.3 Å². The number of hydrogen-bond acceptors (Lipinski definition) is 4. The lowest BCUT2D eigenvalue weighted by Crippen LogP contribution is -2.15. The van der Waals surface area contributed by atoms with Gasteiger partial charge in [-0.15, -0.1) is 0 Å². The van der Waals surface area contributed by atoms with Gasteiger partial charge in [0.1, 0.15) is 17.5 Å². The first-order valence-corrected chi connectivity index (χ1v) is 5.10. The van der Waals surface area contributed by atoms with Gasteiger partial charge in [-0.05, 0) is 30.8 Å². The van der Waals surface area contributed by atoms with Gasteiger partial charge >= 0.3 is 0 Å². The predicted molar refractivity (Wildman–Crippen MR) is 67.9 cm³/mol. The molecule has 1 aromatic rings. The molecular formula is C12H14F2N4. The number of nitrogens with two attached hydrogens (primary N) is 2. The van der Waals surface area contributed by atoms with Gasteiger partial charge in [0.05, 0.1) is 5.69 Å². The molecule has 18 heavy (non-hydrogen) atoms. The average molecular weight is 252 g/mol. The molecule has 0 saturated heterocycles. The summed E-state index contributed by atoms with van der Waals surface area (Å²) in [5.74, 6) is -1.38. The summed E-state index contributed by atoms with van der Waals surface area (Å²) in [5.41, 5.74) is 12.0. The fourth-order valence-electron chi connectivity index (χ4n) is 1.30. The Balaban J connectivity index is 3.09. The number of rotatable bonds is 4. The van der Waals surface area contributed by atoms with Crippen LogP contribution >= 0.6 is 0 Å². The van der Waals surface area contributed by atoms with Gasteiger partial charge in [0.25, 0.3) is 0 Å². The van der Waals surface area contributed by atoms with E-state index in [0.29, 0.717) is 11.1 Å². The maximum atomic E-state index is 13.4. The van der Waals surface area contributed by atoms with Crippen molar-refractivity contribution in [3.63, 3.8) is 0 Å². The lowest BCUT2D eigenvalue weighted by Gasteiger charge is -2.11. The van der Waals surface area contributed by atoms with Crippen LogP contribution in [0.1, 0.15) is 6.92 Å². The van der Waals surface area contributed by atoms with Crippen molar-refractivity contribution in [2.75, 3.05) is 5.32 Å². The highest BCUT2D eigenvalue weighted by molar-refractivity contribution is 5.84. The Hall–Kier alpha value is -2.37. The molecule has 0 heterocycles. The van der Waals surface area contributed by atoms with Crippen LogP contribution in [0.5, 0.6) is 0 Å². The Morgan fingerprint density at radius 1 is 1.39 bits per heavy atom. The molecule has 96 valence electrons. The Bertz CT molecular complexity index is 521. The van der Waals surface area contributed by atoms with Crippen LogP contribution < -0.4 is 16.8 Å². The second-order valence-corrected chi connectivity index (χ2v) is 3.57. The lowest BCUT2D eigenvalue weighted by atomic mass is 10.1. The molecule has 0 unspecified atom stereocenters. The summed E-state index contributed by atoms with van der Waals surface area (Å²) in [6, 6.07) is 3.07. The molecule has 0 amide bonds. The maximum Gasteiger partial charge on any atom is 0.149 e. The summed E-state index contributed by atoms with van der Waals surface area (Å²) in [5, 5.41) is 9.80. The molecule has 0 atom stereocenters. The summed E-state index contributed by atoms with van der Waals surface area (Å²) >= 11 is 0. The molecule has 6 heteroatoms. The minimum absolute atomic E-state index is 0.0260. The van der Waals surface area contributed by atoms with E-state index in [2.05, 4.69) is 5.32 Å². The quantitative estimate of drug-likeness (QED) is 0.488. The second kappa shape index (κ2) is 5.81. The van der Waals surface area contributed by atoms with Gasteiger partial charge in [-0.25, -0.2) is 8.78 Å². The third kappa shape index (κ3) is 3.07. The fourth-order valence-corrected chi connectivity index (χ4v) is 1.30. The minimum atomic E-state index is -0.767. The molecule has 6 N–H and O–H groups in total. The topological polar surface area (TPSA) is 87.9 Å². The van der Waals surface area contributed by atoms with E-state index in [1.54, 1.807) is 6.92 Å². The molecule has 1 aromatic carbocycles. The lowest BCUT2D eigenvalue weighted by molar-refractivity contribution is 0.585. The zero-order valence-corrected chi connectivity index (χ0v) is 9.80. The van der Waals surface area contributed by atoms with Crippen molar-refractivity contribution in [1.82, 2.24) is 0 Å². The van der Waals surface area contributed by atoms with Gasteiger partial charge in [0, 0.05) is 17.9 Å². The number of anilines is 1. The SMILES string of the molecule is CC(=C/N)/C(C=N)=C(\N)Nc1ccc(F)cc1F. The van der Waals surface area contributed by atoms with Crippen LogP contribution in [0.4, 0.5) is 14.5 Å². The first-order chi connectivity index (χ1) is 8.49. The van der Waals surface area contributed by atoms with Crippen molar-refractivity contribution in [3.05, 3.63) is 53.0 Å². The summed E-state index contributed by atoms with van der Waals surface area (Å²) in [6.07, 6.45) is 2.29. The highest BCUT2D eigenvalue weighted by Crippen LogP contribution is 2.17. The molecule has 0 aliphatic heterocycles. The number of hydrogen-bond donors (Lipinski definition) is 4. The summed E-state index contributed by atoms with van der Waals surface area (Å²) in [6.45, 7) is 1.66. The number of halogens is 2. The normalized spacial score (nSPS) is 12.9. The fraction of sp³-hybridized carbons (Fsp3) is 0.0833. The molecule has 0 radical (unpaired) electrons. The van der Waals surface area contributed by atoms with Crippen molar-refractivity contribution in [1.29, 1.82) is 5.41 Å². The molecule has 0 fully saturated rings. The van der Waals surface area contributed by atoms with Crippen LogP contribution in [0.25, 0.3) is 0 Å². The molecule has 0 bridgehead atoms. The second-order valence-electron chi connectivity index (χ2n) is 3.57. The summed E-state index contributed by atoms with van der Waals surface area (Å²) < 4.78 is 26.1. The van der Waals surface area contributed by atoms with Crippen LogP contribution in [0, 0.1) is 17.0 Å². The first-order valence-electron chi connectivity index (χ1n) is 5.10. The van der Waals surface area contributed by atoms with Gasteiger partial charge in [-0.3, -0.25) is 0 Å². The van der Waals surface area contributed by atoms with E-state index in [1.807, 2.05) is 0 Å². The molecule has 0 saturated carbocycles. The molecule has 1 rings (SSSR count). The van der Waals surface area contributed by atoms with Gasteiger partial charge in [0.15, 0.2) is 0 Å². The molecule has 0 aliphatic carbocycles. The Labute approximate surface area is 103 Å². The highest BCUT2D eigenvalue weighted by atomic mass is 19.1. The van der Waals surface area contributed by atoms with Crippen LogP contribution in [0.2, 0.25) is 0 Å². The van der Waals surface area contributed by atoms with E-state index in [1.165, 1.54) is 12.3 Å². The summed E-state index contributed by atoms with van der Waals surface area (Å²) in [7, 11) is 0. The van der Waals surface area contributed by atoms with E-state index in [-0.39, 0.29) is 11.5 Å². The van der Waals surface area contributed by atoms with E-state index in [4.69, 9.17) is 16.9 Å². The van der Waals surface area contributed by atoms with E-state index in [9.17, 15) is 8.78 Å². The smallest absolute Gasteiger partial charge is 0.149 e. The van der Waals surface area contributed by atoms with Crippen LogP contribution in [0.3, 0.4) is 0 Å². The Morgan fingerprint density at radius 2 is 2.06 bits per heavy atom. The first kappa shape index (κ1) is 13.7. The molecule has 4 nitrogen and oxygen atoms in total. The Morgan fingerprint density at radius 3 is 2.56 bits per heavy atom. The Kier molecular flexibility index (Phi) is 4.42. The number of allylic oxidation sites excluding steroid dienone is 2. The van der Waals surface area contributed by atoms with Crippen molar-refractivity contribution >= 4 is 11.9 Å². The van der Waals surface area contributed by atoms with Crippen molar-refractivity contribution < 1.29 is 8.78 Å². The monoisotopic (exact) mass is 252 g/mol. The van der Waals surface area contributed by atoms with Crippen molar-refractivity contribution in [3.8, 4) is 0 Å². The zero-order valence-electron chi connectivity index (χ0n) is 9.80. The number of nitrogens with one attached hydrogen (secondary N) is 2.